The van der Waals surface area contributed by atoms with Crippen LogP contribution in [0.3, 0.4) is 0 Å². The molecule has 0 spiro atoms. The number of nitrogens with zero attached hydrogens (tertiary/aromatic N) is 2. The molecule has 2 aromatic carbocycles. The van der Waals surface area contributed by atoms with Crippen LogP contribution in [0, 0.1) is 23.2 Å². The molecule has 0 saturated heterocycles. The number of fused-ring (bicyclic) bond motifs is 8. The molecule has 0 amide bonds. The number of aliphatic carboxylic acids is 1. The Morgan fingerprint density at radius 3 is 2.52 bits per heavy atom. The second-order valence-electron chi connectivity index (χ2n) is 11.8. The molecule has 4 aliphatic rings. The van der Waals surface area contributed by atoms with Crippen LogP contribution in [0.1, 0.15) is 35.6 Å². The highest BCUT2D eigenvalue weighted by Gasteiger charge is 2.63. The highest BCUT2D eigenvalue weighted by Crippen LogP contribution is 2.66. The van der Waals surface area contributed by atoms with E-state index in [-0.39, 0.29) is 5.57 Å². The van der Waals surface area contributed by atoms with Crippen LogP contribution in [0.15, 0.2) is 66.2 Å². The first-order valence-corrected chi connectivity index (χ1v) is 16.0. The predicted molar refractivity (Wildman–Crippen MR) is 166 cm³/mol. The fourth-order valence-corrected chi connectivity index (χ4v) is 10.4. The number of carboxylic acid groups (broad SMARTS) is 1. The van der Waals surface area contributed by atoms with Crippen LogP contribution in [0.2, 0.25) is 0 Å². The van der Waals surface area contributed by atoms with Gasteiger partial charge in [-0.05, 0) is 73.2 Å². The number of hydrogen-bond donors (Lipinski definition) is 1. The Hall–Kier alpha value is -3.90. The van der Waals surface area contributed by atoms with E-state index >= 15 is 0 Å². The number of quaternary nitrogens is 1. The van der Waals surface area contributed by atoms with Crippen molar-refractivity contribution in [3.05, 3.63) is 76.7 Å². The molecule has 2 saturated carbocycles. The lowest BCUT2D eigenvalue weighted by atomic mass is 9.81. The molecule has 2 aromatic heterocycles. The zero-order valence-electron chi connectivity index (χ0n) is 23.1. The first-order valence-electron chi connectivity index (χ1n) is 14.4. The minimum absolute atomic E-state index is 0.283. The quantitative estimate of drug-likeness (QED) is 0.144. The number of para-hydroxylation sites is 1. The fourth-order valence-electron chi connectivity index (χ4n) is 8.18. The molecule has 4 unspecified atom stereocenters. The van der Waals surface area contributed by atoms with Crippen molar-refractivity contribution in [1.82, 2.24) is 4.48 Å². The SMILES string of the molecule is C[N+]1(c2ccccc2)c2ccc(-c3sc(-c4ccc(/C=C(\C#N)C(=O)O)s4)c4c3OCCO4)cc2C2C1C1CC[C@H]2C1. The van der Waals surface area contributed by atoms with Crippen LogP contribution in [-0.2, 0) is 4.79 Å². The highest BCUT2D eigenvalue weighted by molar-refractivity contribution is 7.24. The molecular formula is C34H29N2O4S2+. The minimum atomic E-state index is -1.23. The second-order valence-corrected chi connectivity index (χ2v) is 14.0. The van der Waals surface area contributed by atoms with Gasteiger partial charge >= 0.3 is 5.97 Å². The van der Waals surface area contributed by atoms with Gasteiger partial charge in [0, 0.05) is 33.2 Å². The maximum Gasteiger partial charge on any atom is 0.346 e. The Kier molecular flexibility index (Phi) is 5.87. The molecule has 210 valence electrons. The van der Waals surface area contributed by atoms with Gasteiger partial charge in [-0.1, -0.05) is 18.2 Å². The molecule has 42 heavy (non-hydrogen) atoms. The summed E-state index contributed by atoms with van der Waals surface area (Å²) in [5, 5.41) is 18.5. The van der Waals surface area contributed by atoms with Gasteiger partial charge in [0.25, 0.3) is 0 Å². The second kappa shape index (κ2) is 9.56. The smallest absolute Gasteiger partial charge is 0.346 e. The van der Waals surface area contributed by atoms with Gasteiger partial charge in [0.05, 0.1) is 16.8 Å². The lowest BCUT2D eigenvalue weighted by Crippen LogP contribution is -2.50. The van der Waals surface area contributed by atoms with Gasteiger partial charge < -0.3 is 14.6 Å². The number of thiophene rings is 2. The Labute approximate surface area is 252 Å². The monoisotopic (exact) mass is 593 g/mol. The molecule has 2 bridgehead atoms. The van der Waals surface area contributed by atoms with Gasteiger partial charge in [-0.3, -0.25) is 4.48 Å². The standard InChI is InChI=1S/C34H28N2O4S2/c1-36(23-5-3-2-4-6-23)26-11-9-21(17-25(26)28-19-7-8-20(15-19)29(28)36)32-30-31(40-14-13-39-30)33(42-32)27-12-10-24(41-27)16-22(18-35)34(37)38/h2-6,9-12,16-17,19-20,28-29H,7-8,13-15H2,1H3/p+1/b22-16+/t19-,20?,28?,29?,36?/m0/s1. The van der Waals surface area contributed by atoms with Crippen LogP contribution in [0.5, 0.6) is 11.5 Å². The van der Waals surface area contributed by atoms with Gasteiger partial charge in [-0.2, -0.15) is 5.26 Å². The van der Waals surface area contributed by atoms with Crippen LogP contribution in [-0.4, -0.2) is 37.4 Å². The largest absolute Gasteiger partial charge is 0.485 e. The van der Waals surface area contributed by atoms with Gasteiger partial charge in [0.2, 0.25) is 0 Å². The number of ether oxygens (including phenoxy) is 2. The number of hydrogen-bond acceptors (Lipinski definition) is 6. The van der Waals surface area contributed by atoms with E-state index in [2.05, 4.69) is 55.6 Å². The van der Waals surface area contributed by atoms with Gasteiger partial charge in [0.15, 0.2) is 11.5 Å². The summed E-state index contributed by atoms with van der Waals surface area (Å²) in [6.45, 7) is 0.983. The van der Waals surface area contributed by atoms with E-state index in [0.717, 1.165) is 48.0 Å². The van der Waals surface area contributed by atoms with E-state index in [9.17, 15) is 15.2 Å². The highest BCUT2D eigenvalue weighted by atomic mass is 32.1. The number of rotatable bonds is 5. The molecular weight excluding hydrogens is 565 g/mol. The molecule has 4 heterocycles. The topological polar surface area (TPSA) is 79.6 Å². The van der Waals surface area contributed by atoms with Crippen molar-refractivity contribution in [3.63, 3.8) is 0 Å². The van der Waals surface area contributed by atoms with Crippen LogP contribution < -0.4 is 14.0 Å². The summed E-state index contributed by atoms with van der Waals surface area (Å²) in [7, 11) is 2.42. The van der Waals surface area contributed by atoms with Crippen molar-refractivity contribution in [3.8, 4) is 37.8 Å². The number of carbonyl (C=O) groups is 1. The minimum Gasteiger partial charge on any atom is -0.485 e. The fraction of sp³-hybridized carbons (Fsp3) is 0.294. The molecule has 8 rings (SSSR count). The number of likely N-dealkylation sites (N-methyl/N-ethyl adjacent to an activating group) is 1. The molecule has 2 aliphatic heterocycles. The summed E-state index contributed by atoms with van der Waals surface area (Å²) in [6, 6.07) is 24.2. The lowest BCUT2D eigenvalue weighted by Gasteiger charge is -2.39. The van der Waals surface area contributed by atoms with Gasteiger partial charge in [-0.25, -0.2) is 4.79 Å². The summed E-state index contributed by atoms with van der Waals surface area (Å²) < 4.78 is 13.3. The van der Waals surface area contributed by atoms with Crippen molar-refractivity contribution in [2.75, 3.05) is 20.3 Å². The Bertz CT molecular complexity index is 1820. The van der Waals surface area contributed by atoms with E-state index in [4.69, 9.17) is 9.47 Å². The summed E-state index contributed by atoms with van der Waals surface area (Å²) >= 11 is 3.11. The van der Waals surface area contributed by atoms with E-state index in [1.807, 2.05) is 12.1 Å². The van der Waals surface area contributed by atoms with E-state index in [1.54, 1.807) is 17.4 Å². The van der Waals surface area contributed by atoms with Crippen molar-refractivity contribution in [1.29, 1.82) is 5.26 Å². The summed E-state index contributed by atoms with van der Waals surface area (Å²) in [5.74, 6) is 2.37. The molecule has 2 fully saturated rings. The van der Waals surface area contributed by atoms with Gasteiger partial charge in [0.1, 0.15) is 42.3 Å². The molecule has 4 aromatic rings. The van der Waals surface area contributed by atoms with Crippen molar-refractivity contribution < 1.29 is 19.4 Å². The zero-order chi connectivity index (χ0) is 28.6. The van der Waals surface area contributed by atoms with Crippen LogP contribution >= 0.6 is 22.7 Å². The van der Waals surface area contributed by atoms with E-state index < -0.39 is 5.97 Å². The summed E-state index contributed by atoms with van der Waals surface area (Å²) in [4.78, 5) is 15.1. The Morgan fingerprint density at radius 2 is 1.76 bits per heavy atom. The molecule has 6 nitrogen and oxygen atoms in total. The summed E-state index contributed by atoms with van der Waals surface area (Å²) in [5.41, 5.74) is 5.14. The maximum absolute atomic E-state index is 11.4. The van der Waals surface area contributed by atoms with Crippen molar-refractivity contribution in [2.24, 2.45) is 11.8 Å². The predicted octanol–water partition coefficient (Wildman–Crippen LogP) is 8.07. The third-order valence-corrected chi connectivity index (χ3v) is 12.2. The van der Waals surface area contributed by atoms with Gasteiger partial charge in [-0.15, -0.1) is 22.7 Å². The average Bonchev–Trinajstić information content (AvgIpc) is 3.84. The zero-order valence-corrected chi connectivity index (χ0v) is 24.7. The molecule has 5 atom stereocenters. The Morgan fingerprint density at radius 1 is 1.00 bits per heavy atom. The number of benzene rings is 2. The molecule has 0 radical (unpaired) electrons. The van der Waals surface area contributed by atoms with Crippen LogP contribution in [0.25, 0.3) is 26.3 Å². The lowest BCUT2D eigenvalue weighted by molar-refractivity contribution is -0.132. The molecule has 2 aliphatic carbocycles. The molecule has 8 heteroatoms. The maximum atomic E-state index is 11.4. The van der Waals surface area contributed by atoms with Crippen molar-refractivity contribution >= 4 is 46.1 Å². The van der Waals surface area contributed by atoms with E-state index in [0.29, 0.717) is 30.1 Å². The van der Waals surface area contributed by atoms with Crippen molar-refractivity contribution in [2.45, 2.75) is 31.2 Å². The van der Waals surface area contributed by atoms with E-state index in [1.165, 1.54) is 53.6 Å². The Balaban J connectivity index is 1.24. The summed E-state index contributed by atoms with van der Waals surface area (Å²) in [6.07, 6.45) is 5.41. The normalized spacial score (nSPS) is 27.0. The number of carboxylic acids is 1. The third-order valence-electron chi connectivity index (χ3n) is 9.80. The van der Waals surface area contributed by atoms with Crippen LogP contribution in [0.4, 0.5) is 11.4 Å². The third kappa shape index (κ3) is 3.67. The first kappa shape index (κ1) is 25.8. The average molecular weight is 594 g/mol. The number of nitriles is 1. The molecule has 1 N–H and O–H groups in total. The first-order chi connectivity index (χ1) is 20.5.